The van der Waals surface area contributed by atoms with Crippen molar-refractivity contribution in [2.24, 2.45) is 5.92 Å². The van der Waals surface area contributed by atoms with E-state index >= 15 is 0 Å². The maximum atomic E-state index is 12.2. The van der Waals surface area contributed by atoms with Crippen molar-refractivity contribution in [3.63, 3.8) is 0 Å². The maximum Gasteiger partial charge on any atom is 0.275 e. The molecular formula is C13H14N2O4S2. The van der Waals surface area contributed by atoms with Crippen LogP contribution >= 0.6 is 11.3 Å². The van der Waals surface area contributed by atoms with Crippen molar-refractivity contribution >= 4 is 27.3 Å². The molecule has 2 heterocycles. The van der Waals surface area contributed by atoms with Gasteiger partial charge in [-0.05, 0) is 32.4 Å². The summed E-state index contributed by atoms with van der Waals surface area (Å²) < 4.78 is 31.9. The number of thiazole rings is 1. The summed E-state index contributed by atoms with van der Waals surface area (Å²) in [5, 5.41) is 0.653. The molecule has 0 bridgehead atoms. The third-order valence-electron chi connectivity index (χ3n) is 3.38. The minimum absolute atomic E-state index is 0.0282. The van der Waals surface area contributed by atoms with Gasteiger partial charge in [-0.15, -0.1) is 11.3 Å². The monoisotopic (exact) mass is 326 g/mol. The molecule has 1 N–H and O–H groups in total. The van der Waals surface area contributed by atoms with Crippen LogP contribution in [-0.4, -0.2) is 19.3 Å². The van der Waals surface area contributed by atoms with E-state index in [0.717, 1.165) is 17.1 Å². The van der Waals surface area contributed by atoms with Gasteiger partial charge in [0.25, 0.3) is 10.0 Å². The van der Waals surface area contributed by atoms with Crippen LogP contribution in [0.1, 0.15) is 28.8 Å². The predicted molar refractivity (Wildman–Crippen MR) is 76.5 cm³/mol. The van der Waals surface area contributed by atoms with Crippen LogP contribution in [0.3, 0.4) is 0 Å². The van der Waals surface area contributed by atoms with Crippen LogP contribution in [0.15, 0.2) is 27.0 Å². The lowest BCUT2D eigenvalue weighted by molar-refractivity contribution is -0.120. The van der Waals surface area contributed by atoms with Gasteiger partial charge < -0.3 is 4.42 Å². The molecule has 112 valence electrons. The van der Waals surface area contributed by atoms with Crippen molar-refractivity contribution in [2.75, 3.05) is 0 Å². The number of furan rings is 1. The second-order valence-electron chi connectivity index (χ2n) is 5.04. The average Bonchev–Trinajstić information content (AvgIpc) is 2.84. The minimum Gasteiger partial charge on any atom is -0.469 e. The van der Waals surface area contributed by atoms with E-state index in [-0.39, 0.29) is 16.0 Å². The second kappa shape index (κ2) is 4.96. The molecule has 1 aliphatic rings. The Balaban J connectivity index is 1.72. The van der Waals surface area contributed by atoms with Crippen molar-refractivity contribution in [3.8, 4) is 0 Å². The van der Waals surface area contributed by atoms with Gasteiger partial charge in [-0.3, -0.25) is 4.79 Å². The van der Waals surface area contributed by atoms with Crippen LogP contribution < -0.4 is 4.72 Å². The lowest BCUT2D eigenvalue weighted by Gasteiger charge is -2.04. The summed E-state index contributed by atoms with van der Waals surface area (Å²) in [6.07, 6.45) is 2.15. The Morgan fingerprint density at radius 2 is 2.24 bits per heavy atom. The van der Waals surface area contributed by atoms with Crippen LogP contribution in [-0.2, 0) is 14.8 Å². The van der Waals surface area contributed by atoms with Crippen molar-refractivity contribution < 1.29 is 17.6 Å². The number of hydrogen-bond acceptors (Lipinski definition) is 6. The van der Waals surface area contributed by atoms with Gasteiger partial charge in [0, 0.05) is 11.8 Å². The normalized spacial score (nSPS) is 21.2. The molecule has 0 aliphatic heterocycles. The summed E-state index contributed by atoms with van der Waals surface area (Å²) in [6.45, 7) is 3.34. The van der Waals surface area contributed by atoms with Crippen LogP contribution in [0, 0.1) is 19.8 Å². The summed E-state index contributed by atoms with van der Waals surface area (Å²) in [5.74, 6) is -0.140. The molecule has 0 spiro atoms. The summed E-state index contributed by atoms with van der Waals surface area (Å²) in [7, 11) is -3.84. The molecule has 1 fully saturated rings. The molecule has 6 nitrogen and oxygen atoms in total. The van der Waals surface area contributed by atoms with E-state index in [1.54, 1.807) is 32.2 Å². The number of amides is 1. The number of hydrogen-bond donors (Lipinski definition) is 1. The Labute approximate surface area is 126 Å². The topological polar surface area (TPSA) is 89.3 Å². The van der Waals surface area contributed by atoms with E-state index in [2.05, 4.69) is 9.71 Å². The molecule has 2 atom stereocenters. The van der Waals surface area contributed by atoms with Crippen molar-refractivity contribution in [1.29, 1.82) is 0 Å². The maximum absolute atomic E-state index is 12.2. The lowest BCUT2D eigenvalue weighted by Crippen LogP contribution is -2.32. The van der Waals surface area contributed by atoms with Gasteiger partial charge in [0.1, 0.15) is 5.76 Å². The smallest absolute Gasteiger partial charge is 0.275 e. The quantitative estimate of drug-likeness (QED) is 0.927. The van der Waals surface area contributed by atoms with Gasteiger partial charge in [-0.2, -0.15) is 0 Å². The fourth-order valence-electron chi connectivity index (χ4n) is 2.32. The van der Waals surface area contributed by atoms with Gasteiger partial charge in [0.15, 0.2) is 4.21 Å². The molecule has 3 rings (SSSR count). The Morgan fingerprint density at radius 1 is 1.48 bits per heavy atom. The number of carbonyl (C=O) groups excluding carboxylic acids is 1. The molecule has 0 saturated heterocycles. The molecule has 0 aromatic carbocycles. The number of carbonyl (C=O) groups is 1. The van der Waals surface area contributed by atoms with Gasteiger partial charge in [0.05, 0.1) is 17.0 Å². The molecule has 0 unspecified atom stereocenters. The van der Waals surface area contributed by atoms with E-state index in [9.17, 15) is 13.2 Å². The molecule has 1 aliphatic carbocycles. The zero-order valence-corrected chi connectivity index (χ0v) is 13.1. The molecule has 1 amide bonds. The first-order valence-electron chi connectivity index (χ1n) is 6.42. The molecular weight excluding hydrogens is 312 g/mol. The van der Waals surface area contributed by atoms with Crippen molar-refractivity contribution in [1.82, 2.24) is 9.71 Å². The summed E-state index contributed by atoms with van der Waals surface area (Å²) in [5.41, 5.74) is 0.413. The molecule has 2 aromatic rings. The SMILES string of the molecule is Cc1nc(C)c(S(=O)(=O)NC(=O)[C@@H]2C[C@@H]2c2ccco2)s1. The molecule has 1 saturated carbocycles. The molecule has 8 heteroatoms. The fraction of sp³-hybridized carbons (Fsp3) is 0.385. The van der Waals surface area contributed by atoms with Gasteiger partial charge in [0.2, 0.25) is 5.91 Å². The number of nitrogens with zero attached hydrogens (tertiary/aromatic N) is 1. The van der Waals surface area contributed by atoms with E-state index in [0.29, 0.717) is 17.1 Å². The zero-order valence-electron chi connectivity index (χ0n) is 11.5. The molecule has 0 radical (unpaired) electrons. The highest BCUT2D eigenvalue weighted by atomic mass is 32.2. The predicted octanol–water partition coefficient (Wildman–Crippen LogP) is 1.96. The third kappa shape index (κ3) is 2.73. The largest absolute Gasteiger partial charge is 0.469 e. The Hall–Kier alpha value is -1.67. The standard InChI is InChI=1S/C13H14N2O4S2/c1-7-13(20-8(2)14-7)21(17,18)15-12(16)10-6-9(10)11-4-3-5-19-11/h3-5,9-10H,6H2,1-2H3,(H,15,16)/t9-,10+/m0/s1. The van der Waals surface area contributed by atoms with Crippen LogP contribution in [0.25, 0.3) is 0 Å². The number of rotatable bonds is 4. The van der Waals surface area contributed by atoms with E-state index in [1.807, 2.05) is 0 Å². The molecule has 21 heavy (non-hydrogen) atoms. The first kappa shape index (κ1) is 14.3. The van der Waals surface area contributed by atoms with Crippen molar-refractivity contribution in [3.05, 3.63) is 34.9 Å². The highest BCUT2D eigenvalue weighted by Crippen LogP contribution is 2.47. The summed E-state index contributed by atoms with van der Waals surface area (Å²) in [6, 6.07) is 3.55. The number of sulfonamides is 1. The van der Waals surface area contributed by atoms with Gasteiger partial charge in [-0.25, -0.2) is 18.1 Å². The second-order valence-corrected chi connectivity index (χ2v) is 8.12. The number of aryl methyl sites for hydroxylation is 2. The Morgan fingerprint density at radius 3 is 2.81 bits per heavy atom. The minimum atomic E-state index is -3.84. The van der Waals surface area contributed by atoms with Crippen LogP contribution in [0.2, 0.25) is 0 Å². The third-order valence-corrected chi connectivity index (χ3v) is 6.41. The van der Waals surface area contributed by atoms with Crippen molar-refractivity contribution in [2.45, 2.75) is 30.4 Å². The average molecular weight is 326 g/mol. The van der Waals surface area contributed by atoms with Gasteiger partial charge in [-0.1, -0.05) is 0 Å². The zero-order chi connectivity index (χ0) is 15.2. The highest BCUT2D eigenvalue weighted by molar-refractivity contribution is 7.92. The Bertz CT molecular complexity index is 777. The van der Waals surface area contributed by atoms with Crippen LogP contribution in [0.4, 0.5) is 0 Å². The molecule has 2 aromatic heterocycles. The number of aromatic nitrogens is 1. The van der Waals surface area contributed by atoms with E-state index < -0.39 is 15.9 Å². The first-order chi connectivity index (χ1) is 9.88. The fourth-order valence-corrected chi connectivity index (χ4v) is 4.83. The highest BCUT2D eigenvalue weighted by Gasteiger charge is 2.47. The van der Waals surface area contributed by atoms with Crippen LogP contribution in [0.5, 0.6) is 0 Å². The lowest BCUT2D eigenvalue weighted by atomic mass is 10.2. The summed E-state index contributed by atoms with van der Waals surface area (Å²) in [4.78, 5) is 16.1. The summed E-state index contributed by atoms with van der Waals surface area (Å²) >= 11 is 1.06. The Kier molecular flexibility index (Phi) is 3.37. The van der Waals surface area contributed by atoms with E-state index in [1.165, 1.54) is 0 Å². The first-order valence-corrected chi connectivity index (χ1v) is 8.72. The van der Waals surface area contributed by atoms with E-state index in [4.69, 9.17) is 4.42 Å². The van der Waals surface area contributed by atoms with Gasteiger partial charge >= 0.3 is 0 Å². The number of nitrogens with one attached hydrogen (secondary N) is 1.